The van der Waals surface area contributed by atoms with Crippen molar-refractivity contribution in [2.24, 2.45) is 0 Å². The summed E-state index contributed by atoms with van der Waals surface area (Å²) >= 11 is 3.23. The van der Waals surface area contributed by atoms with Crippen LogP contribution in [-0.4, -0.2) is 6.04 Å². The topological polar surface area (TPSA) is 12.0 Å². The molecule has 2 rings (SSSR count). The van der Waals surface area contributed by atoms with Gasteiger partial charge in [-0.2, -0.15) is 0 Å². The molecule has 0 amide bonds. The summed E-state index contributed by atoms with van der Waals surface area (Å²) < 4.78 is 14.0. The molecule has 1 aromatic carbocycles. The van der Waals surface area contributed by atoms with Crippen molar-refractivity contribution in [3.63, 3.8) is 0 Å². The van der Waals surface area contributed by atoms with E-state index in [9.17, 15) is 4.39 Å². The van der Waals surface area contributed by atoms with E-state index in [-0.39, 0.29) is 5.82 Å². The highest BCUT2D eigenvalue weighted by molar-refractivity contribution is 9.10. The lowest BCUT2D eigenvalue weighted by atomic mass is 10.2. The van der Waals surface area contributed by atoms with E-state index in [4.69, 9.17) is 0 Å². The molecule has 0 unspecified atom stereocenters. The molecule has 1 N–H and O–H groups in total. The van der Waals surface area contributed by atoms with Gasteiger partial charge in [0.25, 0.3) is 0 Å². The Kier molecular flexibility index (Phi) is 2.65. The van der Waals surface area contributed by atoms with Gasteiger partial charge < -0.3 is 5.32 Å². The van der Waals surface area contributed by atoms with E-state index in [0.29, 0.717) is 12.6 Å². The number of hydrogen-bond donors (Lipinski definition) is 1. The van der Waals surface area contributed by atoms with E-state index < -0.39 is 0 Å². The van der Waals surface area contributed by atoms with Crippen LogP contribution in [0, 0.1) is 5.82 Å². The highest BCUT2D eigenvalue weighted by Gasteiger charge is 2.20. The lowest BCUT2D eigenvalue weighted by molar-refractivity contribution is 0.586. The van der Waals surface area contributed by atoms with Crippen molar-refractivity contribution in [1.82, 2.24) is 5.32 Å². The maximum Gasteiger partial charge on any atom is 0.128 e. The van der Waals surface area contributed by atoms with Gasteiger partial charge in [-0.05, 0) is 25.0 Å². The summed E-state index contributed by atoms with van der Waals surface area (Å²) in [4.78, 5) is 0. The third kappa shape index (κ3) is 2.51. The van der Waals surface area contributed by atoms with E-state index in [1.807, 2.05) is 12.1 Å². The molecule has 0 heterocycles. The Bertz CT molecular complexity index is 310. The summed E-state index contributed by atoms with van der Waals surface area (Å²) in [5.41, 5.74) is 0.745. The van der Waals surface area contributed by atoms with Crippen LogP contribution in [-0.2, 0) is 6.54 Å². The van der Waals surface area contributed by atoms with Crippen LogP contribution in [0.5, 0.6) is 0 Å². The third-order valence-corrected chi connectivity index (χ3v) is 2.67. The van der Waals surface area contributed by atoms with Gasteiger partial charge in [-0.15, -0.1) is 0 Å². The van der Waals surface area contributed by atoms with E-state index in [1.165, 1.54) is 18.9 Å². The van der Waals surface area contributed by atoms with Crippen LogP contribution in [0.15, 0.2) is 22.7 Å². The van der Waals surface area contributed by atoms with Crippen LogP contribution in [0.1, 0.15) is 18.4 Å². The summed E-state index contributed by atoms with van der Waals surface area (Å²) in [7, 11) is 0. The van der Waals surface area contributed by atoms with Gasteiger partial charge in [-0.3, -0.25) is 0 Å². The first-order chi connectivity index (χ1) is 6.25. The normalized spacial score (nSPS) is 16.2. The molecule has 1 fully saturated rings. The zero-order valence-electron chi connectivity index (χ0n) is 7.19. The first kappa shape index (κ1) is 9.16. The lowest BCUT2D eigenvalue weighted by Gasteiger charge is -2.04. The van der Waals surface area contributed by atoms with Gasteiger partial charge in [-0.1, -0.05) is 22.0 Å². The smallest absolute Gasteiger partial charge is 0.128 e. The van der Waals surface area contributed by atoms with Crippen LogP contribution in [0.2, 0.25) is 0 Å². The molecular weight excluding hydrogens is 233 g/mol. The van der Waals surface area contributed by atoms with E-state index in [2.05, 4.69) is 21.2 Å². The Labute approximate surface area is 85.5 Å². The van der Waals surface area contributed by atoms with E-state index in [0.717, 1.165) is 10.0 Å². The first-order valence-corrected chi connectivity index (χ1v) is 5.22. The quantitative estimate of drug-likeness (QED) is 0.862. The number of hydrogen-bond acceptors (Lipinski definition) is 1. The summed E-state index contributed by atoms with van der Waals surface area (Å²) in [6.07, 6.45) is 2.47. The Hall–Kier alpha value is -0.410. The third-order valence-electron chi connectivity index (χ3n) is 2.17. The van der Waals surface area contributed by atoms with Crippen LogP contribution >= 0.6 is 15.9 Å². The molecule has 0 saturated heterocycles. The monoisotopic (exact) mass is 243 g/mol. The number of nitrogens with one attached hydrogen (secondary N) is 1. The minimum Gasteiger partial charge on any atom is -0.310 e. The molecule has 0 aromatic heterocycles. The van der Waals surface area contributed by atoms with Crippen molar-refractivity contribution in [2.45, 2.75) is 25.4 Å². The van der Waals surface area contributed by atoms with Crippen molar-refractivity contribution >= 4 is 15.9 Å². The Balaban J connectivity index is 2.01. The number of rotatable bonds is 3. The molecule has 0 radical (unpaired) electrons. The van der Waals surface area contributed by atoms with Crippen LogP contribution in [0.4, 0.5) is 4.39 Å². The maximum atomic E-state index is 13.3. The second kappa shape index (κ2) is 3.76. The molecule has 1 aromatic rings. The first-order valence-electron chi connectivity index (χ1n) is 4.43. The van der Waals surface area contributed by atoms with Crippen LogP contribution in [0.25, 0.3) is 0 Å². The van der Waals surface area contributed by atoms with Gasteiger partial charge in [0, 0.05) is 22.6 Å². The molecule has 0 aliphatic heterocycles. The lowest BCUT2D eigenvalue weighted by Crippen LogP contribution is -2.16. The second-order valence-corrected chi connectivity index (χ2v) is 4.31. The van der Waals surface area contributed by atoms with Gasteiger partial charge in [0.15, 0.2) is 0 Å². The molecule has 1 aliphatic carbocycles. The highest BCUT2D eigenvalue weighted by Crippen LogP contribution is 2.20. The molecule has 3 heteroatoms. The highest BCUT2D eigenvalue weighted by atomic mass is 79.9. The molecule has 1 aliphatic rings. The summed E-state index contributed by atoms with van der Waals surface area (Å²) in [6.45, 7) is 0.643. The average molecular weight is 244 g/mol. The van der Waals surface area contributed by atoms with Crippen molar-refractivity contribution < 1.29 is 4.39 Å². The maximum absolute atomic E-state index is 13.3. The second-order valence-electron chi connectivity index (χ2n) is 3.39. The van der Waals surface area contributed by atoms with Crippen molar-refractivity contribution in [3.05, 3.63) is 34.1 Å². The zero-order valence-corrected chi connectivity index (χ0v) is 8.77. The summed E-state index contributed by atoms with van der Waals surface area (Å²) in [5.74, 6) is -0.137. The minimum atomic E-state index is -0.137. The fourth-order valence-electron chi connectivity index (χ4n) is 1.21. The average Bonchev–Trinajstić information content (AvgIpc) is 2.86. The van der Waals surface area contributed by atoms with Crippen molar-refractivity contribution in [1.29, 1.82) is 0 Å². The minimum absolute atomic E-state index is 0.137. The summed E-state index contributed by atoms with van der Waals surface area (Å²) in [5, 5.41) is 3.28. The molecule has 0 spiro atoms. The largest absolute Gasteiger partial charge is 0.310 e. The Morgan fingerprint density at radius 2 is 2.23 bits per heavy atom. The predicted octanol–water partition coefficient (Wildman–Crippen LogP) is 2.84. The zero-order chi connectivity index (χ0) is 9.26. The molecular formula is C10H11BrFN. The van der Waals surface area contributed by atoms with Crippen molar-refractivity contribution in [2.75, 3.05) is 0 Å². The van der Waals surface area contributed by atoms with Gasteiger partial charge in [0.1, 0.15) is 5.82 Å². The predicted molar refractivity (Wildman–Crippen MR) is 54.0 cm³/mol. The molecule has 1 saturated carbocycles. The van der Waals surface area contributed by atoms with Gasteiger partial charge in [0.05, 0.1) is 0 Å². The molecule has 70 valence electrons. The molecule has 0 atom stereocenters. The molecule has 1 nitrogen and oxygen atoms in total. The number of halogens is 2. The van der Waals surface area contributed by atoms with E-state index >= 15 is 0 Å². The fraction of sp³-hybridized carbons (Fsp3) is 0.400. The standard InChI is InChI=1S/C10H11BrFN/c11-8-2-1-7(10(12)5-8)6-13-9-3-4-9/h1-2,5,9,13H,3-4,6H2. The fourth-order valence-corrected chi connectivity index (χ4v) is 1.54. The van der Waals surface area contributed by atoms with Gasteiger partial charge in [-0.25, -0.2) is 4.39 Å². The van der Waals surface area contributed by atoms with Crippen LogP contribution in [0.3, 0.4) is 0 Å². The van der Waals surface area contributed by atoms with E-state index in [1.54, 1.807) is 0 Å². The SMILES string of the molecule is Fc1cc(Br)ccc1CNC1CC1. The molecule has 13 heavy (non-hydrogen) atoms. The van der Waals surface area contributed by atoms with Crippen LogP contribution < -0.4 is 5.32 Å². The number of benzene rings is 1. The van der Waals surface area contributed by atoms with Crippen molar-refractivity contribution in [3.8, 4) is 0 Å². The Morgan fingerprint density at radius 3 is 2.85 bits per heavy atom. The van der Waals surface area contributed by atoms with Gasteiger partial charge >= 0.3 is 0 Å². The summed E-state index contributed by atoms with van der Waals surface area (Å²) in [6, 6.07) is 5.81. The Morgan fingerprint density at radius 1 is 1.46 bits per heavy atom. The van der Waals surface area contributed by atoms with Gasteiger partial charge in [0.2, 0.25) is 0 Å². The molecule has 0 bridgehead atoms.